The van der Waals surface area contributed by atoms with E-state index in [2.05, 4.69) is 0 Å². The quantitative estimate of drug-likeness (QED) is 0.689. The van der Waals surface area contributed by atoms with Crippen molar-refractivity contribution < 1.29 is 24.5 Å². The third-order valence-corrected chi connectivity index (χ3v) is 2.27. The molecule has 1 atom stereocenters. The van der Waals surface area contributed by atoms with Gasteiger partial charge in [-0.05, 0) is 24.1 Å². The molecule has 1 aromatic rings. The molecule has 0 aliphatic heterocycles. The van der Waals surface area contributed by atoms with Crippen LogP contribution in [0.15, 0.2) is 24.3 Å². The minimum absolute atomic E-state index is 0.331. The molecule has 100 valence electrons. The van der Waals surface area contributed by atoms with Crippen LogP contribution in [0.4, 0.5) is 0 Å². The van der Waals surface area contributed by atoms with Crippen LogP contribution in [0.3, 0.4) is 0 Å². The zero-order chi connectivity index (χ0) is 13.4. The van der Waals surface area contributed by atoms with Gasteiger partial charge in [0.05, 0.1) is 6.61 Å². The minimum Gasteiger partial charge on any atom is -0.491 e. The summed E-state index contributed by atoms with van der Waals surface area (Å²) in [4.78, 5) is 10.6. The molecule has 0 amide bonds. The van der Waals surface area contributed by atoms with Crippen molar-refractivity contribution in [3.8, 4) is 5.75 Å². The predicted octanol–water partition coefficient (Wildman–Crippen LogP) is 1.61. The van der Waals surface area contributed by atoms with Crippen LogP contribution in [0.25, 0.3) is 0 Å². The molecule has 0 heterocycles. The van der Waals surface area contributed by atoms with Crippen LogP contribution in [0, 0.1) is 0 Å². The van der Waals surface area contributed by atoms with Gasteiger partial charge in [-0.3, -0.25) is 0 Å². The Labute approximate surface area is 106 Å². The van der Waals surface area contributed by atoms with E-state index in [-0.39, 0.29) is 0 Å². The second kappa shape index (κ2) is 7.68. The lowest BCUT2D eigenvalue weighted by Gasteiger charge is -2.09. The molecule has 0 aliphatic carbocycles. The Morgan fingerprint density at radius 3 is 2.44 bits per heavy atom. The molecule has 0 bridgehead atoms. The van der Waals surface area contributed by atoms with Gasteiger partial charge in [-0.15, -0.1) is 0 Å². The van der Waals surface area contributed by atoms with E-state index in [1.54, 1.807) is 12.1 Å². The van der Waals surface area contributed by atoms with Gasteiger partial charge in [-0.25, -0.2) is 4.79 Å². The first-order valence-electron chi connectivity index (χ1n) is 5.86. The number of carboxylic acid groups (broad SMARTS) is 1. The van der Waals surface area contributed by atoms with E-state index < -0.39 is 12.1 Å². The van der Waals surface area contributed by atoms with Gasteiger partial charge in [0, 0.05) is 6.61 Å². The average molecular weight is 254 g/mol. The van der Waals surface area contributed by atoms with Crippen LogP contribution < -0.4 is 4.74 Å². The Morgan fingerprint density at radius 1 is 1.22 bits per heavy atom. The number of carbonyl (C=O) groups is 1. The maximum Gasteiger partial charge on any atom is 0.337 e. The molecule has 1 aromatic carbocycles. The number of hydrogen-bond acceptors (Lipinski definition) is 4. The number of aliphatic carboxylic acids is 1. The van der Waals surface area contributed by atoms with E-state index >= 15 is 0 Å². The third-order valence-electron chi connectivity index (χ3n) is 2.27. The maximum absolute atomic E-state index is 10.6. The van der Waals surface area contributed by atoms with Crippen molar-refractivity contribution in [1.82, 2.24) is 0 Å². The normalized spacial score (nSPS) is 12.1. The van der Waals surface area contributed by atoms with Crippen molar-refractivity contribution in [2.45, 2.75) is 19.4 Å². The van der Waals surface area contributed by atoms with E-state index in [1.165, 1.54) is 12.1 Å². The van der Waals surface area contributed by atoms with Crippen LogP contribution >= 0.6 is 0 Å². The summed E-state index contributed by atoms with van der Waals surface area (Å²) in [6, 6.07) is 6.31. The highest BCUT2D eigenvalue weighted by Crippen LogP contribution is 2.17. The fourth-order valence-electron chi connectivity index (χ4n) is 1.35. The first kappa shape index (κ1) is 14.5. The van der Waals surface area contributed by atoms with Gasteiger partial charge in [0.25, 0.3) is 0 Å². The Balaban J connectivity index is 2.38. The number of aliphatic hydroxyl groups is 1. The average Bonchev–Trinajstić information content (AvgIpc) is 2.38. The molecule has 5 heteroatoms. The van der Waals surface area contributed by atoms with E-state index in [9.17, 15) is 9.90 Å². The molecule has 0 aliphatic rings. The number of benzene rings is 1. The van der Waals surface area contributed by atoms with Crippen molar-refractivity contribution >= 4 is 5.97 Å². The molecular formula is C13H18O5. The molecule has 18 heavy (non-hydrogen) atoms. The highest BCUT2D eigenvalue weighted by molar-refractivity contribution is 5.74. The number of rotatable bonds is 8. The highest BCUT2D eigenvalue weighted by atomic mass is 16.5. The van der Waals surface area contributed by atoms with Crippen LogP contribution in [0.2, 0.25) is 0 Å². The van der Waals surface area contributed by atoms with Crippen LogP contribution in [-0.2, 0) is 9.53 Å². The van der Waals surface area contributed by atoms with Gasteiger partial charge < -0.3 is 19.7 Å². The molecule has 2 N–H and O–H groups in total. The summed E-state index contributed by atoms with van der Waals surface area (Å²) < 4.78 is 10.6. The van der Waals surface area contributed by atoms with Crippen molar-refractivity contribution in [2.75, 3.05) is 19.8 Å². The molecule has 0 saturated heterocycles. The summed E-state index contributed by atoms with van der Waals surface area (Å²) in [5, 5.41) is 17.9. The van der Waals surface area contributed by atoms with Crippen molar-refractivity contribution in [3.63, 3.8) is 0 Å². The SMILES string of the molecule is CCCOCCOc1ccc(C(O)C(=O)O)cc1. The molecule has 0 spiro atoms. The molecule has 5 nitrogen and oxygen atoms in total. The largest absolute Gasteiger partial charge is 0.491 e. The number of aliphatic hydroxyl groups excluding tert-OH is 1. The van der Waals surface area contributed by atoms with Gasteiger partial charge in [0.2, 0.25) is 0 Å². The monoisotopic (exact) mass is 254 g/mol. The van der Waals surface area contributed by atoms with Crippen LogP contribution in [0.5, 0.6) is 5.75 Å². The predicted molar refractivity (Wildman–Crippen MR) is 65.6 cm³/mol. The highest BCUT2D eigenvalue weighted by Gasteiger charge is 2.15. The lowest BCUT2D eigenvalue weighted by atomic mass is 10.1. The summed E-state index contributed by atoms with van der Waals surface area (Å²) in [7, 11) is 0. The van der Waals surface area contributed by atoms with Gasteiger partial charge in [0.1, 0.15) is 12.4 Å². The number of ether oxygens (including phenoxy) is 2. The summed E-state index contributed by atoms with van der Waals surface area (Å²) in [5.41, 5.74) is 0.331. The second-order valence-corrected chi connectivity index (χ2v) is 3.77. The third kappa shape index (κ3) is 4.73. The fourth-order valence-corrected chi connectivity index (χ4v) is 1.35. The molecular weight excluding hydrogens is 236 g/mol. The van der Waals surface area contributed by atoms with Gasteiger partial charge in [-0.2, -0.15) is 0 Å². The molecule has 1 unspecified atom stereocenters. The van der Waals surface area contributed by atoms with Gasteiger partial charge >= 0.3 is 5.97 Å². The molecule has 1 rings (SSSR count). The van der Waals surface area contributed by atoms with E-state index in [0.29, 0.717) is 31.1 Å². The smallest absolute Gasteiger partial charge is 0.337 e. The van der Waals surface area contributed by atoms with Crippen LogP contribution in [-0.4, -0.2) is 36.0 Å². The summed E-state index contributed by atoms with van der Waals surface area (Å²) in [6.07, 6.45) is -0.520. The standard InChI is InChI=1S/C13H18O5/c1-2-7-17-8-9-18-11-5-3-10(4-6-11)12(14)13(15)16/h3-6,12,14H,2,7-9H2,1H3,(H,15,16). The van der Waals surface area contributed by atoms with E-state index in [1.807, 2.05) is 6.92 Å². The topological polar surface area (TPSA) is 76.0 Å². The van der Waals surface area contributed by atoms with Crippen molar-refractivity contribution in [1.29, 1.82) is 0 Å². The van der Waals surface area contributed by atoms with Gasteiger partial charge in [-0.1, -0.05) is 19.1 Å². The molecule has 0 fully saturated rings. The lowest BCUT2D eigenvalue weighted by molar-refractivity contribution is -0.146. The van der Waals surface area contributed by atoms with Crippen molar-refractivity contribution in [2.24, 2.45) is 0 Å². The van der Waals surface area contributed by atoms with Crippen LogP contribution in [0.1, 0.15) is 25.0 Å². The van der Waals surface area contributed by atoms with E-state index in [4.69, 9.17) is 14.6 Å². The Hall–Kier alpha value is -1.59. The lowest BCUT2D eigenvalue weighted by Crippen LogP contribution is -2.10. The van der Waals surface area contributed by atoms with E-state index in [0.717, 1.165) is 6.42 Å². The van der Waals surface area contributed by atoms with Crippen molar-refractivity contribution in [3.05, 3.63) is 29.8 Å². The second-order valence-electron chi connectivity index (χ2n) is 3.77. The fraction of sp³-hybridized carbons (Fsp3) is 0.462. The molecule has 0 aromatic heterocycles. The summed E-state index contributed by atoms with van der Waals surface area (Å²) >= 11 is 0. The summed E-state index contributed by atoms with van der Waals surface area (Å²) in [5.74, 6) is -0.645. The Kier molecular flexibility index (Phi) is 6.18. The first-order valence-corrected chi connectivity index (χ1v) is 5.86. The first-order chi connectivity index (χ1) is 8.65. The Morgan fingerprint density at radius 2 is 1.89 bits per heavy atom. The molecule has 0 saturated carbocycles. The Bertz CT molecular complexity index is 360. The van der Waals surface area contributed by atoms with Gasteiger partial charge in [0.15, 0.2) is 6.10 Å². The molecule has 0 radical (unpaired) electrons. The minimum atomic E-state index is -1.49. The zero-order valence-electron chi connectivity index (χ0n) is 10.3. The number of hydrogen-bond donors (Lipinski definition) is 2. The zero-order valence-corrected chi connectivity index (χ0v) is 10.3. The number of carboxylic acids is 1. The summed E-state index contributed by atoms with van der Waals surface area (Å²) in [6.45, 7) is 3.72. The maximum atomic E-state index is 10.6.